The Bertz CT molecular complexity index is 1050. The lowest BCUT2D eigenvalue weighted by Crippen LogP contribution is -2.32. The zero-order valence-corrected chi connectivity index (χ0v) is 14.6. The Morgan fingerprint density at radius 3 is 1.84 bits per heavy atom. The summed E-state index contributed by atoms with van der Waals surface area (Å²) in [5, 5.41) is 19.5. The minimum Gasteiger partial charge on any atom is -0.478 e. The van der Waals surface area contributed by atoms with Crippen molar-refractivity contribution in [1.29, 1.82) is 0 Å². The second kappa shape index (κ2) is 6.60. The standard InChI is InChI=1S/C12H13N5O6S2/c1-24(20,21)16-7-8-17(25(2,22)23)12(16)14-15-13-10-5-3-9(4-6-10)11(18)19/h3-8H,1-2H3,(H,18,19)/b15-13+. The van der Waals surface area contributed by atoms with Crippen LogP contribution in [0.1, 0.15) is 10.4 Å². The van der Waals surface area contributed by atoms with E-state index in [4.69, 9.17) is 5.11 Å². The predicted molar refractivity (Wildman–Crippen MR) is 86.4 cm³/mol. The van der Waals surface area contributed by atoms with Crippen molar-refractivity contribution in [1.82, 2.24) is 7.94 Å². The molecule has 0 aliphatic heterocycles. The highest BCUT2D eigenvalue weighted by atomic mass is 32.2. The summed E-state index contributed by atoms with van der Waals surface area (Å²) in [4.78, 5) is 10.8. The Balaban J connectivity index is 2.50. The van der Waals surface area contributed by atoms with Crippen LogP contribution in [0.5, 0.6) is 0 Å². The number of carboxylic acids is 1. The van der Waals surface area contributed by atoms with E-state index in [2.05, 4.69) is 15.4 Å². The third-order valence-electron chi connectivity index (χ3n) is 2.85. The normalized spacial score (nSPS) is 12.4. The van der Waals surface area contributed by atoms with Crippen molar-refractivity contribution in [2.24, 2.45) is 15.4 Å². The maximum Gasteiger partial charge on any atom is 0.335 e. The fraction of sp³-hybridized carbons (Fsp3) is 0.167. The number of imidazole rings is 1. The topological polar surface area (TPSA) is 153 Å². The van der Waals surface area contributed by atoms with Gasteiger partial charge in [-0.25, -0.2) is 29.6 Å². The number of benzene rings is 1. The van der Waals surface area contributed by atoms with Crippen LogP contribution in [0.3, 0.4) is 0 Å². The predicted octanol–water partition coefficient (Wildman–Crippen LogP) is 0.203. The summed E-state index contributed by atoms with van der Waals surface area (Å²) < 4.78 is 48.1. The zero-order chi connectivity index (χ0) is 18.8. The molecule has 0 radical (unpaired) electrons. The quantitative estimate of drug-likeness (QED) is 0.571. The lowest BCUT2D eigenvalue weighted by atomic mass is 10.2. The number of rotatable bonds is 5. The molecule has 2 rings (SSSR count). The summed E-state index contributed by atoms with van der Waals surface area (Å²) >= 11 is 0. The van der Waals surface area contributed by atoms with Gasteiger partial charge in [0.05, 0.1) is 23.8 Å². The molecule has 1 heterocycles. The van der Waals surface area contributed by atoms with Crippen LogP contribution in [0.15, 0.2) is 52.1 Å². The average molecular weight is 387 g/mol. The van der Waals surface area contributed by atoms with Crippen molar-refractivity contribution in [3.63, 3.8) is 0 Å². The molecule has 25 heavy (non-hydrogen) atoms. The van der Waals surface area contributed by atoms with Gasteiger partial charge in [0.2, 0.25) is 20.0 Å². The van der Waals surface area contributed by atoms with E-state index in [0.29, 0.717) is 7.94 Å². The number of aromatic nitrogens is 2. The smallest absolute Gasteiger partial charge is 0.335 e. The Labute approximate surface area is 142 Å². The van der Waals surface area contributed by atoms with Crippen LogP contribution in [0, 0.1) is 0 Å². The summed E-state index contributed by atoms with van der Waals surface area (Å²) in [6.07, 6.45) is 3.79. The molecular formula is C12H13N5O6S2. The van der Waals surface area contributed by atoms with Gasteiger partial charge in [0.15, 0.2) is 0 Å². The van der Waals surface area contributed by atoms with Gasteiger partial charge in [-0.2, -0.15) is 0 Å². The number of hydrogen-bond donors (Lipinski definition) is 1. The van der Waals surface area contributed by atoms with Crippen LogP contribution in [-0.4, -0.2) is 48.4 Å². The van der Waals surface area contributed by atoms with Gasteiger partial charge >= 0.3 is 5.97 Å². The first-order valence-corrected chi connectivity index (χ1v) is 10.2. The molecule has 1 aromatic heterocycles. The van der Waals surface area contributed by atoms with Gasteiger partial charge in [0.1, 0.15) is 0 Å². The van der Waals surface area contributed by atoms with E-state index in [9.17, 15) is 21.6 Å². The van der Waals surface area contributed by atoms with Crippen LogP contribution in [0.4, 0.5) is 5.69 Å². The molecule has 13 heteroatoms. The summed E-state index contributed by atoms with van der Waals surface area (Å²) in [6.45, 7) is 0. The van der Waals surface area contributed by atoms with Crippen molar-refractivity contribution >= 4 is 31.7 Å². The molecular weight excluding hydrogens is 374 g/mol. The minimum absolute atomic E-state index is 0.0526. The number of aromatic carboxylic acids is 1. The van der Waals surface area contributed by atoms with Crippen LogP contribution < -0.4 is 5.62 Å². The molecule has 11 nitrogen and oxygen atoms in total. The molecule has 0 aliphatic rings. The molecule has 0 aliphatic carbocycles. The molecule has 0 spiro atoms. The number of carboxylic acid groups (broad SMARTS) is 1. The van der Waals surface area contributed by atoms with Gasteiger partial charge in [-0.1, -0.05) is 5.10 Å². The van der Waals surface area contributed by atoms with Gasteiger partial charge in [0.25, 0.3) is 5.62 Å². The van der Waals surface area contributed by atoms with E-state index in [0.717, 1.165) is 24.9 Å². The zero-order valence-electron chi connectivity index (χ0n) is 13.0. The van der Waals surface area contributed by atoms with E-state index < -0.39 is 31.6 Å². The van der Waals surface area contributed by atoms with Gasteiger partial charge < -0.3 is 5.11 Å². The first-order valence-electron chi connectivity index (χ1n) is 6.49. The Kier molecular flexibility index (Phi) is 4.89. The highest BCUT2D eigenvalue weighted by Crippen LogP contribution is 2.13. The Morgan fingerprint density at radius 1 is 0.960 bits per heavy atom. The van der Waals surface area contributed by atoms with Gasteiger partial charge in [0, 0.05) is 12.4 Å². The molecule has 0 fully saturated rings. The maximum absolute atomic E-state index is 11.7. The Hall–Kier alpha value is -2.80. The second-order valence-electron chi connectivity index (χ2n) is 4.86. The molecule has 0 unspecified atom stereocenters. The van der Waals surface area contributed by atoms with Gasteiger partial charge in [-0.3, -0.25) is 0 Å². The van der Waals surface area contributed by atoms with Crippen LogP contribution in [-0.2, 0) is 20.0 Å². The van der Waals surface area contributed by atoms with Crippen molar-refractivity contribution in [2.75, 3.05) is 12.5 Å². The number of carbonyl (C=O) groups is 1. The lowest BCUT2D eigenvalue weighted by molar-refractivity contribution is 0.0697. The molecule has 0 bridgehead atoms. The van der Waals surface area contributed by atoms with Crippen molar-refractivity contribution in [3.05, 3.63) is 47.8 Å². The largest absolute Gasteiger partial charge is 0.478 e. The van der Waals surface area contributed by atoms with Crippen LogP contribution in [0.2, 0.25) is 0 Å². The summed E-state index contributed by atoms with van der Waals surface area (Å²) in [5.41, 5.74) is -0.176. The SMILES string of the molecule is CS(=O)(=O)n1ccn(S(C)(=O)=O)c1=N/N=N/c1ccc(C(=O)O)cc1. The van der Waals surface area contributed by atoms with E-state index in [1.54, 1.807) is 0 Å². The first-order chi connectivity index (χ1) is 11.5. The summed E-state index contributed by atoms with van der Waals surface area (Å²) in [5.74, 6) is -1.10. The van der Waals surface area contributed by atoms with Crippen molar-refractivity contribution in [3.8, 4) is 0 Å². The monoisotopic (exact) mass is 387 g/mol. The fourth-order valence-corrected chi connectivity index (χ4v) is 3.19. The van der Waals surface area contributed by atoms with Crippen molar-refractivity contribution < 1.29 is 26.7 Å². The van der Waals surface area contributed by atoms with E-state index in [-0.39, 0.29) is 11.3 Å². The summed E-state index contributed by atoms with van der Waals surface area (Å²) in [6, 6.07) is 5.32. The molecule has 1 aromatic carbocycles. The fourth-order valence-electron chi connectivity index (χ4n) is 1.74. The molecule has 0 atom stereocenters. The lowest BCUT2D eigenvalue weighted by Gasteiger charge is -2.00. The highest BCUT2D eigenvalue weighted by molar-refractivity contribution is 7.89. The molecule has 1 N–H and O–H groups in total. The van der Waals surface area contributed by atoms with Gasteiger partial charge in [-0.15, -0.1) is 5.11 Å². The van der Waals surface area contributed by atoms with Gasteiger partial charge in [-0.05, 0) is 29.5 Å². The highest BCUT2D eigenvalue weighted by Gasteiger charge is 2.16. The van der Waals surface area contributed by atoms with Crippen LogP contribution in [0.25, 0.3) is 0 Å². The van der Waals surface area contributed by atoms with E-state index in [1.807, 2.05) is 0 Å². The summed E-state index contributed by atoms with van der Waals surface area (Å²) in [7, 11) is -7.62. The molecule has 2 aromatic rings. The number of nitrogens with zero attached hydrogens (tertiary/aromatic N) is 5. The molecule has 0 amide bonds. The molecule has 0 saturated carbocycles. The molecule has 134 valence electrons. The third kappa shape index (κ3) is 4.39. The first kappa shape index (κ1) is 18.5. The number of hydrogen-bond acceptors (Lipinski definition) is 7. The van der Waals surface area contributed by atoms with Crippen LogP contribution >= 0.6 is 0 Å². The van der Waals surface area contributed by atoms with E-state index in [1.165, 1.54) is 24.3 Å². The van der Waals surface area contributed by atoms with Crippen molar-refractivity contribution in [2.45, 2.75) is 0 Å². The average Bonchev–Trinajstić information content (AvgIpc) is 2.92. The molecule has 0 saturated heterocycles. The maximum atomic E-state index is 11.7. The third-order valence-corrected chi connectivity index (χ3v) is 4.85. The second-order valence-corrected chi connectivity index (χ2v) is 8.58. The minimum atomic E-state index is -3.81. The van der Waals surface area contributed by atoms with E-state index >= 15 is 0 Å². The Morgan fingerprint density at radius 2 is 1.44 bits per heavy atom.